The van der Waals surface area contributed by atoms with Gasteiger partial charge in [0, 0.05) is 11.3 Å². The number of hydrazone groups is 1. The first-order valence-corrected chi connectivity index (χ1v) is 11.3. The van der Waals surface area contributed by atoms with Gasteiger partial charge in [0.25, 0.3) is 5.91 Å². The van der Waals surface area contributed by atoms with Crippen LogP contribution in [-0.4, -0.2) is 31.4 Å². The molecule has 0 radical (unpaired) electrons. The summed E-state index contributed by atoms with van der Waals surface area (Å²) >= 11 is 0. The standard InChI is InChI=1S/C24H38N2O4/c1-7-24(5,6)18-11-13-19(14-12-18)25-26-23(27)17-15-20(28-8-2)22(30-10-4)21(16-17)29-9-3/h15-16,18H,7-14H2,1-6H3,(H,26,27). The number of amides is 1. The molecule has 30 heavy (non-hydrogen) atoms. The Kier molecular flexibility index (Phi) is 9.00. The topological polar surface area (TPSA) is 69.2 Å². The lowest BCUT2D eigenvalue weighted by Crippen LogP contribution is -2.29. The van der Waals surface area contributed by atoms with E-state index < -0.39 is 0 Å². The summed E-state index contributed by atoms with van der Waals surface area (Å²) in [5, 5.41) is 4.42. The van der Waals surface area contributed by atoms with Crippen LogP contribution in [0.15, 0.2) is 17.2 Å². The highest BCUT2D eigenvalue weighted by molar-refractivity contribution is 5.96. The van der Waals surface area contributed by atoms with Crippen molar-refractivity contribution in [2.75, 3.05) is 19.8 Å². The summed E-state index contributed by atoms with van der Waals surface area (Å²) in [7, 11) is 0. The van der Waals surface area contributed by atoms with Crippen molar-refractivity contribution in [2.24, 2.45) is 16.4 Å². The zero-order valence-corrected chi connectivity index (χ0v) is 19.5. The molecule has 1 aromatic rings. The fourth-order valence-electron chi connectivity index (χ4n) is 3.85. The molecule has 0 heterocycles. The number of hydrogen-bond acceptors (Lipinski definition) is 5. The molecule has 0 atom stereocenters. The van der Waals surface area contributed by atoms with Gasteiger partial charge >= 0.3 is 0 Å². The summed E-state index contributed by atoms with van der Waals surface area (Å²) in [6.07, 6.45) is 5.31. The van der Waals surface area contributed by atoms with Gasteiger partial charge < -0.3 is 14.2 Å². The van der Waals surface area contributed by atoms with Crippen molar-refractivity contribution in [3.8, 4) is 17.2 Å². The fourth-order valence-corrected chi connectivity index (χ4v) is 3.85. The molecule has 1 aliphatic carbocycles. The molecule has 1 fully saturated rings. The first kappa shape index (κ1) is 24.0. The van der Waals surface area contributed by atoms with Crippen molar-refractivity contribution in [2.45, 2.75) is 73.6 Å². The van der Waals surface area contributed by atoms with Crippen molar-refractivity contribution in [1.29, 1.82) is 0 Å². The number of benzene rings is 1. The minimum Gasteiger partial charge on any atom is -0.490 e. The Morgan fingerprint density at radius 1 is 1.00 bits per heavy atom. The van der Waals surface area contributed by atoms with E-state index in [9.17, 15) is 4.79 Å². The van der Waals surface area contributed by atoms with Gasteiger partial charge in [-0.2, -0.15) is 5.10 Å². The predicted octanol–water partition coefficient (Wildman–Crippen LogP) is 5.59. The number of rotatable bonds is 10. The van der Waals surface area contributed by atoms with E-state index in [4.69, 9.17) is 14.2 Å². The zero-order valence-electron chi connectivity index (χ0n) is 19.5. The molecule has 1 aromatic carbocycles. The largest absolute Gasteiger partial charge is 0.490 e. The Bertz CT molecular complexity index is 706. The Morgan fingerprint density at radius 2 is 1.53 bits per heavy atom. The second-order valence-electron chi connectivity index (χ2n) is 8.34. The minimum absolute atomic E-state index is 0.275. The Morgan fingerprint density at radius 3 is 2.00 bits per heavy atom. The quantitative estimate of drug-likeness (QED) is 0.503. The Balaban J connectivity index is 2.12. The van der Waals surface area contributed by atoms with Gasteiger partial charge in [0.1, 0.15) is 0 Å². The molecule has 0 bridgehead atoms. The third-order valence-corrected chi connectivity index (χ3v) is 6.07. The van der Waals surface area contributed by atoms with Crippen LogP contribution in [-0.2, 0) is 0 Å². The molecule has 1 N–H and O–H groups in total. The average Bonchev–Trinajstić information content (AvgIpc) is 2.74. The van der Waals surface area contributed by atoms with Crippen LogP contribution >= 0.6 is 0 Å². The van der Waals surface area contributed by atoms with Gasteiger partial charge in [0.15, 0.2) is 11.5 Å². The number of carbonyl (C=O) groups excluding carboxylic acids is 1. The van der Waals surface area contributed by atoms with E-state index in [1.165, 1.54) is 6.42 Å². The maximum Gasteiger partial charge on any atom is 0.271 e. The Labute approximate surface area is 181 Å². The molecule has 1 amide bonds. The number of ether oxygens (including phenoxy) is 3. The SMILES string of the molecule is CCOc1cc(C(=O)NN=C2CCC(C(C)(C)CC)CC2)cc(OCC)c1OCC. The van der Waals surface area contributed by atoms with Crippen molar-refractivity contribution in [3.05, 3.63) is 17.7 Å². The van der Waals surface area contributed by atoms with Crippen molar-refractivity contribution in [3.63, 3.8) is 0 Å². The van der Waals surface area contributed by atoms with Crippen molar-refractivity contribution in [1.82, 2.24) is 5.43 Å². The molecule has 6 heteroatoms. The molecular weight excluding hydrogens is 380 g/mol. The second kappa shape index (κ2) is 11.2. The van der Waals surface area contributed by atoms with Gasteiger partial charge in [-0.3, -0.25) is 4.79 Å². The van der Waals surface area contributed by atoms with Gasteiger partial charge in [-0.25, -0.2) is 5.43 Å². The van der Waals surface area contributed by atoms with Gasteiger partial charge in [0.05, 0.1) is 19.8 Å². The van der Waals surface area contributed by atoms with E-state index in [0.717, 1.165) is 31.4 Å². The van der Waals surface area contributed by atoms with Crippen LogP contribution < -0.4 is 19.6 Å². The van der Waals surface area contributed by atoms with Crippen LogP contribution in [0.5, 0.6) is 17.2 Å². The summed E-state index contributed by atoms with van der Waals surface area (Å²) in [4.78, 5) is 12.8. The zero-order chi connectivity index (χ0) is 22.1. The van der Waals surface area contributed by atoms with Gasteiger partial charge in [0.2, 0.25) is 5.75 Å². The summed E-state index contributed by atoms with van der Waals surface area (Å²) in [6.45, 7) is 14.1. The molecule has 0 spiro atoms. The Hall–Kier alpha value is -2.24. The average molecular weight is 419 g/mol. The molecular formula is C24H38N2O4. The molecule has 1 saturated carbocycles. The smallest absolute Gasteiger partial charge is 0.271 e. The van der Waals surface area contributed by atoms with Crippen molar-refractivity contribution >= 4 is 11.6 Å². The molecule has 0 saturated heterocycles. The van der Waals surface area contributed by atoms with Crippen LogP contribution in [0, 0.1) is 11.3 Å². The monoisotopic (exact) mass is 418 g/mol. The van der Waals surface area contributed by atoms with Gasteiger partial charge in [-0.05, 0) is 69.9 Å². The molecule has 2 rings (SSSR count). The van der Waals surface area contributed by atoms with E-state index in [0.29, 0.717) is 54.0 Å². The molecule has 6 nitrogen and oxygen atoms in total. The highest BCUT2D eigenvalue weighted by Gasteiger charge is 2.30. The van der Waals surface area contributed by atoms with Gasteiger partial charge in [-0.15, -0.1) is 0 Å². The summed E-state index contributed by atoms with van der Waals surface area (Å²) in [6, 6.07) is 3.38. The lowest BCUT2D eigenvalue weighted by Gasteiger charge is -2.36. The minimum atomic E-state index is -0.275. The molecule has 0 aliphatic heterocycles. The molecule has 1 aliphatic rings. The summed E-state index contributed by atoms with van der Waals surface area (Å²) in [5.41, 5.74) is 4.59. The molecule has 0 unspecified atom stereocenters. The molecule has 168 valence electrons. The number of hydrogen-bond donors (Lipinski definition) is 1. The summed E-state index contributed by atoms with van der Waals surface area (Å²) < 4.78 is 17.1. The lowest BCUT2D eigenvalue weighted by atomic mass is 9.69. The van der Waals surface area contributed by atoms with E-state index >= 15 is 0 Å². The van der Waals surface area contributed by atoms with E-state index in [1.807, 2.05) is 20.8 Å². The first-order chi connectivity index (χ1) is 14.4. The maximum atomic E-state index is 12.8. The normalized spacial score (nSPS) is 16.7. The van der Waals surface area contributed by atoms with Gasteiger partial charge in [-0.1, -0.05) is 27.2 Å². The fraction of sp³-hybridized carbons (Fsp3) is 0.667. The third kappa shape index (κ3) is 6.13. The summed E-state index contributed by atoms with van der Waals surface area (Å²) in [5.74, 6) is 1.98. The van der Waals surface area contributed by atoms with Crippen LogP contribution in [0.4, 0.5) is 0 Å². The van der Waals surface area contributed by atoms with Crippen LogP contribution in [0.25, 0.3) is 0 Å². The number of carbonyl (C=O) groups is 1. The highest BCUT2D eigenvalue weighted by atomic mass is 16.5. The van der Waals surface area contributed by atoms with E-state index in [2.05, 4.69) is 31.3 Å². The van der Waals surface area contributed by atoms with Crippen LogP contribution in [0.2, 0.25) is 0 Å². The maximum absolute atomic E-state index is 12.8. The molecule has 0 aromatic heterocycles. The number of nitrogens with zero attached hydrogens (tertiary/aromatic N) is 1. The van der Waals surface area contributed by atoms with Crippen LogP contribution in [0.3, 0.4) is 0 Å². The first-order valence-electron chi connectivity index (χ1n) is 11.3. The van der Waals surface area contributed by atoms with Crippen LogP contribution in [0.1, 0.15) is 84.0 Å². The predicted molar refractivity (Wildman–Crippen MR) is 121 cm³/mol. The lowest BCUT2D eigenvalue weighted by molar-refractivity contribution is 0.0953. The van der Waals surface area contributed by atoms with E-state index in [-0.39, 0.29) is 5.91 Å². The second-order valence-corrected chi connectivity index (χ2v) is 8.34. The number of nitrogens with one attached hydrogen (secondary N) is 1. The van der Waals surface area contributed by atoms with E-state index in [1.54, 1.807) is 12.1 Å². The highest BCUT2D eigenvalue weighted by Crippen LogP contribution is 2.40. The van der Waals surface area contributed by atoms with Crippen molar-refractivity contribution < 1.29 is 19.0 Å². The third-order valence-electron chi connectivity index (χ3n) is 6.07.